The van der Waals surface area contributed by atoms with E-state index in [1.165, 1.54) is 12.1 Å². The van der Waals surface area contributed by atoms with Crippen molar-refractivity contribution in [1.82, 2.24) is 10.3 Å². The molecule has 1 aromatic rings. The SMILES string of the molecule is CCC1CNC(C(C)C)CN1c1cccnc1C. The molecule has 0 bridgehead atoms. The van der Waals surface area contributed by atoms with Crippen LogP contribution in [0.4, 0.5) is 5.69 Å². The number of rotatable bonds is 3. The molecule has 1 aliphatic heterocycles. The van der Waals surface area contributed by atoms with E-state index in [1.54, 1.807) is 0 Å². The molecular weight excluding hydrogens is 222 g/mol. The van der Waals surface area contributed by atoms with Crippen LogP contribution in [-0.2, 0) is 0 Å². The van der Waals surface area contributed by atoms with Crippen molar-refractivity contribution in [2.45, 2.75) is 46.2 Å². The van der Waals surface area contributed by atoms with Gasteiger partial charge in [-0.15, -0.1) is 0 Å². The van der Waals surface area contributed by atoms with Gasteiger partial charge in [-0.25, -0.2) is 0 Å². The molecule has 18 heavy (non-hydrogen) atoms. The maximum atomic E-state index is 4.43. The van der Waals surface area contributed by atoms with Crippen LogP contribution in [0.3, 0.4) is 0 Å². The second-order valence-corrected chi connectivity index (χ2v) is 5.58. The highest BCUT2D eigenvalue weighted by atomic mass is 15.2. The topological polar surface area (TPSA) is 28.2 Å². The summed E-state index contributed by atoms with van der Waals surface area (Å²) >= 11 is 0. The van der Waals surface area contributed by atoms with Gasteiger partial charge < -0.3 is 10.2 Å². The third kappa shape index (κ3) is 2.66. The van der Waals surface area contributed by atoms with Crippen molar-refractivity contribution in [1.29, 1.82) is 0 Å². The normalized spacial score (nSPS) is 24.6. The predicted octanol–water partition coefficient (Wildman–Crippen LogP) is 2.60. The van der Waals surface area contributed by atoms with Crippen molar-refractivity contribution in [2.75, 3.05) is 18.0 Å². The molecule has 2 unspecified atom stereocenters. The first-order chi connectivity index (χ1) is 8.63. The zero-order valence-corrected chi connectivity index (χ0v) is 12.0. The first kappa shape index (κ1) is 13.3. The number of hydrogen-bond donors (Lipinski definition) is 1. The van der Waals surface area contributed by atoms with Gasteiger partial charge in [0.2, 0.25) is 0 Å². The van der Waals surface area contributed by atoms with Gasteiger partial charge in [-0.2, -0.15) is 0 Å². The van der Waals surface area contributed by atoms with Crippen LogP contribution in [0, 0.1) is 12.8 Å². The van der Waals surface area contributed by atoms with Crippen molar-refractivity contribution >= 4 is 5.69 Å². The van der Waals surface area contributed by atoms with Gasteiger partial charge in [-0.05, 0) is 31.4 Å². The standard InChI is InChI=1S/C15H25N3/c1-5-13-9-17-14(11(2)3)10-18(13)15-7-6-8-16-12(15)4/h6-8,11,13-14,17H,5,9-10H2,1-4H3. The molecule has 1 N–H and O–H groups in total. The largest absolute Gasteiger partial charge is 0.364 e. The minimum atomic E-state index is 0.576. The smallest absolute Gasteiger partial charge is 0.0605 e. The van der Waals surface area contributed by atoms with E-state index in [0.29, 0.717) is 18.0 Å². The average molecular weight is 247 g/mol. The number of nitrogens with one attached hydrogen (secondary N) is 1. The lowest BCUT2D eigenvalue weighted by Gasteiger charge is -2.43. The fourth-order valence-corrected chi connectivity index (χ4v) is 2.71. The Hall–Kier alpha value is -1.09. The molecule has 0 saturated carbocycles. The van der Waals surface area contributed by atoms with Crippen LogP contribution < -0.4 is 10.2 Å². The zero-order valence-electron chi connectivity index (χ0n) is 12.0. The van der Waals surface area contributed by atoms with Crippen LogP contribution in [0.5, 0.6) is 0 Å². The molecular formula is C15H25N3. The summed E-state index contributed by atoms with van der Waals surface area (Å²) in [5.74, 6) is 0.669. The third-order valence-electron chi connectivity index (χ3n) is 4.01. The van der Waals surface area contributed by atoms with Gasteiger partial charge in [0.05, 0.1) is 11.4 Å². The predicted molar refractivity (Wildman–Crippen MR) is 77.0 cm³/mol. The highest BCUT2D eigenvalue weighted by Gasteiger charge is 2.29. The highest BCUT2D eigenvalue weighted by Crippen LogP contribution is 2.25. The molecule has 100 valence electrons. The fourth-order valence-electron chi connectivity index (χ4n) is 2.71. The van der Waals surface area contributed by atoms with Crippen molar-refractivity contribution in [3.63, 3.8) is 0 Å². The van der Waals surface area contributed by atoms with Crippen molar-refractivity contribution in [2.24, 2.45) is 5.92 Å². The van der Waals surface area contributed by atoms with Crippen LogP contribution in [0.15, 0.2) is 18.3 Å². The van der Waals surface area contributed by atoms with Crippen LogP contribution in [-0.4, -0.2) is 30.2 Å². The van der Waals surface area contributed by atoms with Gasteiger partial charge in [-0.3, -0.25) is 4.98 Å². The van der Waals surface area contributed by atoms with Crippen LogP contribution >= 0.6 is 0 Å². The molecule has 1 saturated heterocycles. The molecule has 0 spiro atoms. The summed E-state index contributed by atoms with van der Waals surface area (Å²) < 4.78 is 0. The number of aromatic nitrogens is 1. The molecule has 3 heteroatoms. The molecule has 2 atom stereocenters. The quantitative estimate of drug-likeness (QED) is 0.890. The first-order valence-electron chi connectivity index (χ1n) is 7.05. The summed E-state index contributed by atoms with van der Waals surface area (Å²) in [5, 5.41) is 3.68. The number of hydrogen-bond acceptors (Lipinski definition) is 3. The van der Waals surface area contributed by atoms with E-state index in [0.717, 1.165) is 18.8 Å². The van der Waals surface area contributed by atoms with Crippen molar-refractivity contribution in [3.8, 4) is 0 Å². The summed E-state index contributed by atoms with van der Waals surface area (Å²) in [7, 11) is 0. The van der Waals surface area contributed by atoms with Gasteiger partial charge in [0.1, 0.15) is 0 Å². The van der Waals surface area contributed by atoms with E-state index in [2.05, 4.69) is 49.0 Å². The van der Waals surface area contributed by atoms with E-state index in [1.807, 2.05) is 12.3 Å². The summed E-state index contributed by atoms with van der Waals surface area (Å²) in [6.07, 6.45) is 3.05. The maximum absolute atomic E-state index is 4.43. The van der Waals surface area contributed by atoms with Crippen LogP contribution in [0.2, 0.25) is 0 Å². The lowest BCUT2D eigenvalue weighted by Crippen LogP contribution is -2.58. The Labute approximate surface area is 111 Å². The minimum absolute atomic E-state index is 0.576. The Morgan fingerprint density at radius 1 is 1.50 bits per heavy atom. The van der Waals surface area contributed by atoms with Gasteiger partial charge in [0, 0.05) is 31.4 Å². The Morgan fingerprint density at radius 3 is 2.89 bits per heavy atom. The monoisotopic (exact) mass is 247 g/mol. The Kier molecular flexibility index (Phi) is 4.23. The lowest BCUT2D eigenvalue weighted by molar-refractivity contribution is 0.325. The van der Waals surface area contributed by atoms with Gasteiger partial charge in [0.25, 0.3) is 0 Å². The molecule has 0 aromatic carbocycles. The van der Waals surface area contributed by atoms with Gasteiger partial charge >= 0.3 is 0 Å². The summed E-state index contributed by atoms with van der Waals surface area (Å²) in [6.45, 7) is 11.1. The van der Waals surface area contributed by atoms with Crippen molar-refractivity contribution < 1.29 is 0 Å². The van der Waals surface area contributed by atoms with Crippen LogP contribution in [0.1, 0.15) is 32.9 Å². The Bertz CT molecular complexity index is 389. The Balaban J connectivity index is 2.24. The average Bonchev–Trinajstić information content (AvgIpc) is 2.38. The second kappa shape index (κ2) is 5.70. The minimum Gasteiger partial charge on any atom is -0.364 e. The number of anilines is 1. The van der Waals surface area contributed by atoms with E-state index >= 15 is 0 Å². The molecule has 1 aromatic heterocycles. The summed E-state index contributed by atoms with van der Waals surface area (Å²) in [5.41, 5.74) is 2.44. The lowest BCUT2D eigenvalue weighted by atomic mass is 9.97. The molecule has 2 heterocycles. The van der Waals surface area contributed by atoms with Crippen molar-refractivity contribution in [3.05, 3.63) is 24.0 Å². The Morgan fingerprint density at radius 2 is 2.28 bits per heavy atom. The molecule has 3 nitrogen and oxygen atoms in total. The van der Waals surface area contributed by atoms with E-state index in [9.17, 15) is 0 Å². The number of piperazine rings is 1. The van der Waals surface area contributed by atoms with E-state index in [4.69, 9.17) is 0 Å². The molecule has 1 aliphatic rings. The highest BCUT2D eigenvalue weighted by molar-refractivity contribution is 5.51. The zero-order chi connectivity index (χ0) is 13.1. The first-order valence-corrected chi connectivity index (χ1v) is 7.05. The number of aryl methyl sites for hydroxylation is 1. The summed E-state index contributed by atoms with van der Waals surface area (Å²) in [4.78, 5) is 6.98. The maximum Gasteiger partial charge on any atom is 0.0605 e. The van der Waals surface area contributed by atoms with Gasteiger partial charge in [0.15, 0.2) is 0 Å². The number of nitrogens with zero attached hydrogens (tertiary/aromatic N) is 2. The second-order valence-electron chi connectivity index (χ2n) is 5.58. The molecule has 2 rings (SSSR count). The fraction of sp³-hybridized carbons (Fsp3) is 0.667. The molecule has 1 fully saturated rings. The third-order valence-corrected chi connectivity index (χ3v) is 4.01. The van der Waals surface area contributed by atoms with E-state index in [-0.39, 0.29) is 0 Å². The molecule has 0 radical (unpaired) electrons. The summed E-state index contributed by atoms with van der Waals surface area (Å²) in [6, 6.07) is 5.41. The number of pyridine rings is 1. The molecule has 0 amide bonds. The van der Waals surface area contributed by atoms with Crippen LogP contribution in [0.25, 0.3) is 0 Å². The van der Waals surface area contributed by atoms with Gasteiger partial charge in [-0.1, -0.05) is 20.8 Å². The molecule has 0 aliphatic carbocycles. The van der Waals surface area contributed by atoms with E-state index < -0.39 is 0 Å².